The summed E-state index contributed by atoms with van der Waals surface area (Å²) in [4.78, 5) is 14.8. The van der Waals surface area contributed by atoms with Crippen LogP contribution in [-0.2, 0) is 17.8 Å². The van der Waals surface area contributed by atoms with Gasteiger partial charge in [0, 0.05) is 13.0 Å². The number of carbonyl (C=O) groups is 1. The van der Waals surface area contributed by atoms with Gasteiger partial charge in [-0.15, -0.1) is 0 Å². The highest BCUT2D eigenvalue weighted by atomic mass is 16.4. The summed E-state index contributed by atoms with van der Waals surface area (Å²) in [5.74, 6) is -0.0544. The summed E-state index contributed by atoms with van der Waals surface area (Å²) in [6.07, 6.45) is 3.52. The molecule has 1 aliphatic rings. The molecule has 0 spiro atoms. The van der Waals surface area contributed by atoms with Crippen molar-refractivity contribution in [2.24, 2.45) is 5.73 Å². The number of hydrogen-bond acceptors (Lipinski definition) is 3. The van der Waals surface area contributed by atoms with Gasteiger partial charge < -0.3 is 15.4 Å². The summed E-state index contributed by atoms with van der Waals surface area (Å²) in [5.41, 5.74) is 6.11. The summed E-state index contributed by atoms with van der Waals surface area (Å²) in [6, 6.07) is -0.945. The van der Waals surface area contributed by atoms with Crippen LogP contribution in [0.3, 0.4) is 0 Å². The van der Waals surface area contributed by atoms with Crippen molar-refractivity contribution in [1.82, 2.24) is 9.55 Å². The van der Waals surface area contributed by atoms with Crippen molar-refractivity contribution >= 4 is 5.97 Å². The molecule has 1 atom stereocenters. The molecule has 1 aromatic rings. The zero-order chi connectivity index (χ0) is 9.42. The van der Waals surface area contributed by atoms with Gasteiger partial charge in [0.1, 0.15) is 11.9 Å². The van der Waals surface area contributed by atoms with E-state index in [2.05, 4.69) is 4.98 Å². The molecule has 5 nitrogen and oxygen atoms in total. The van der Waals surface area contributed by atoms with Crippen LogP contribution < -0.4 is 5.73 Å². The van der Waals surface area contributed by atoms with Gasteiger partial charge >= 0.3 is 5.97 Å². The SMILES string of the molecule is NC(C(=O)O)c1cnc2n1CCC2. The van der Waals surface area contributed by atoms with Crippen LogP contribution in [0.25, 0.3) is 0 Å². The van der Waals surface area contributed by atoms with Gasteiger partial charge in [0.2, 0.25) is 0 Å². The summed E-state index contributed by atoms with van der Waals surface area (Å²) in [5, 5.41) is 8.72. The topological polar surface area (TPSA) is 81.1 Å². The van der Waals surface area contributed by atoms with E-state index in [-0.39, 0.29) is 0 Å². The second kappa shape index (κ2) is 2.85. The third-order valence-corrected chi connectivity index (χ3v) is 2.34. The molecule has 5 heteroatoms. The molecule has 0 saturated carbocycles. The number of nitrogens with two attached hydrogens (primary N) is 1. The van der Waals surface area contributed by atoms with E-state index in [0.29, 0.717) is 5.69 Å². The Hall–Kier alpha value is -1.36. The van der Waals surface area contributed by atoms with Gasteiger partial charge in [0.05, 0.1) is 11.9 Å². The van der Waals surface area contributed by atoms with E-state index in [9.17, 15) is 4.79 Å². The molecular weight excluding hydrogens is 170 g/mol. The molecule has 0 saturated heterocycles. The first-order chi connectivity index (χ1) is 6.20. The highest BCUT2D eigenvalue weighted by molar-refractivity contribution is 5.74. The summed E-state index contributed by atoms with van der Waals surface area (Å²) in [7, 11) is 0. The average molecular weight is 181 g/mol. The Morgan fingerprint density at radius 2 is 2.54 bits per heavy atom. The van der Waals surface area contributed by atoms with Crippen LogP contribution in [0.4, 0.5) is 0 Å². The van der Waals surface area contributed by atoms with E-state index in [4.69, 9.17) is 10.8 Å². The Labute approximate surface area is 75.2 Å². The van der Waals surface area contributed by atoms with Gasteiger partial charge in [-0.3, -0.25) is 4.79 Å². The number of rotatable bonds is 2. The van der Waals surface area contributed by atoms with E-state index in [0.717, 1.165) is 25.2 Å². The van der Waals surface area contributed by atoms with Crippen molar-refractivity contribution in [3.8, 4) is 0 Å². The second-order valence-electron chi connectivity index (χ2n) is 3.17. The summed E-state index contributed by atoms with van der Waals surface area (Å²) >= 11 is 0. The maximum atomic E-state index is 10.6. The number of aryl methyl sites for hydroxylation is 1. The lowest BCUT2D eigenvalue weighted by Gasteiger charge is -2.08. The van der Waals surface area contributed by atoms with Gasteiger partial charge in [-0.2, -0.15) is 0 Å². The van der Waals surface area contributed by atoms with Gasteiger partial charge in [0.25, 0.3) is 0 Å². The fraction of sp³-hybridized carbons (Fsp3) is 0.500. The molecule has 0 amide bonds. The highest BCUT2D eigenvalue weighted by Gasteiger charge is 2.23. The number of imidazole rings is 1. The quantitative estimate of drug-likeness (QED) is 0.668. The lowest BCUT2D eigenvalue weighted by molar-refractivity contribution is -0.138. The normalized spacial score (nSPS) is 17.0. The minimum Gasteiger partial charge on any atom is -0.480 e. The molecule has 1 aliphatic heterocycles. The van der Waals surface area contributed by atoms with E-state index in [1.807, 2.05) is 4.57 Å². The zero-order valence-corrected chi connectivity index (χ0v) is 7.10. The number of nitrogens with zero attached hydrogens (tertiary/aromatic N) is 2. The fourth-order valence-electron chi connectivity index (χ4n) is 1.66. The van der Waals surface area contributed by atoms with Crippen LogP contribution in [0, 0.1) is 0 Å². The Kier molecular flexibility index (Phi) is 1.81. The summed E-state index contributed by atoms with van der Waals surface area (Å²) < 4.78 is 1.90. The van der Waals surface area contributed by atoms with Gasteiger partial charge in [-0.1, -0.05) is 0 Å². The van der Waals surface area contributed by atoms with E-state index < -0.39 is 12.0 Å². The molecule has 0 fully saturated rings. The molecule has 0 radical (unpaired) electrons. The molecule has 13 heavy (non-hydrogen) atoms. The number of aromatic nitrogens is 2. The number of hydrogen-bond donors (Lipinski definition) is 2. The predicted octanol–water partition coefficient (Wildman–Crippen LogP) is -0.0863. The first-order valence-corrected chi connectivity index (χ1v) is 4.23. The molecule has 70 valence electrons. The zero-order valence-electron chi connectivity index (χ0n) is 7.10. The van der Waals surface area contributed by atoms with Gasteiger partial charge in [-0.25, -0.2) is 4.98 Å². The van der Waals surface area contributed by atoms with E-state index in [1.54, 1.807) is 6.20 Å². The standard InChI is InChI=1S/C8H11N3O2/c9-7(8(12)13)5-4-10-6-2-1-3-11(5)6/h4,7H,1-3,9H2,(H,12,13). The van der Waals surface area contributed by atoms with E-state index >= 15 is 0 Å². The van der Waals surface area contributed by atoms with Crippen molar-refractivity contribution in [2.75, 3.05) is 0 Å². The van der Waals surface area contributed by atoms with Crippen molar-refractivity contribution in [3.63, 3.8) is 0 Å². The third-order valence-electron chi connectivity index (χ3n) is 2.34. The van der Waals surface area contributed by atoms with Crippen LogP contribution >= 0.6 is 0 Å². The maximum absolute atomic E-state index is 10.6. The Morgan fingerprint density at radius 1 is 1.77 bits per heavy atom. The first-order valence-electron chi connectivity index (χ1n) is 4.23. The molecule has 0 aromatic carbocycles. The Balaban J connectivity index is 2.36. The number of carboxylic acids is 1. The Morgan fingerprint density at radius 3 is 3.23 bits per heavy atom. The van der Waals surface area contributed by atoms with Crippen molar-refractivity contribution in [2.45, 2.75) is 25.4 Å². The molecule has 1 unspecified atom stereocenters. The highest BCUT2D eigenvalue weighted by Crippen LogP contribution is 2.19. The fourth-order valence-corrected chi connectivity index (χ4v) is 1.66. The smallest absolute Gasteiger partial charge is 0.326 e. The third kappa shape index (κ3) is 1.21. The molecular formula is C8H11N3O2. The molecule has 0 bridgehead atoms. The largest absolute Gasteiger partial charge is 0.480 e. The average Bonchev–Trinajstić information content (AvgIpc) is 2.61. The lowest BCUT2D eigenvalue weighted by atomic mass is 10.2. The maximum Gasteiger partial charge on any atom is 0.326 e. The van der Waals surface area contributed by atoms with Crippen LogP contribution in [0.15, 0.2) is 6.20 Å². The molecule has 1 aromatic heterocycles. The summed E-state index contributed by atoms with van der Waals surface area (Å²) in [6.45, 7) is 0.839. The van der Waals surface area contributed by atoms with Crippen molar-refractivity contribution < 1.29 is 9.90 Å². The van der Waals surface area contributed by atoms with Gasteiger partial charge in [0.15, 0.2) is 0 Å². The molecule has 0 aliphatic carbocycles. The number of fused-ring (bicyclic) bond motifs is 1. The van der Waals surface area contributed by atoms with Crippen LogP contribution in [0.2, 0.25) is 0 Å². The molecule has 2 rings (SSSR count). The van der Waals surface area contributed by atoms with Crippen LogP contribution in [0.1, 0.15) is 24.0 Å². The van der Waals surface area contributed by atoms with Crippen LogP contribution in [-0.4, -0.2) is 20.6 Å². The van der Waals surface area contributed by atoms with E-state index in [1.165, 1.54) is 0 Å². The number of carboxylic acid groups (broad SMARTS) is 1. The number of aliphatic carboxylic acids is 1. The minimum absolute atomic E-state index is 0.611. The molecule has 2 heterocycles. The molecule has 3 N–H and O–H groups in total. The van der Waals surface area contributed by atoms with Crippen LogP contribution in [0.5, 0.6) is 0 Å². The lowest BCUT2D eigenvalue weighted by Crippen LogP contribution is -2.23. The predicted molar refractivity (Wildman–Crippen MR) is 45.1 cm³/mol. The first kappa shape index (κ1) is 8.25. The second-order valence-corrected chi connectivity index (χ2v) is 3.17. The monoisotopic (exact) mass is 181 g/mol. The van der Waals surface area contributed by atoms with Crippen molar-refractivity contribution in [3.05, 3.63) is 17.7 Å². The van der Waals surface area contributed by atoms with Gasteiger partial charge in [-0.05, 0) is 6.42 Å². The Bertz CT molecular complexity index is 345. The minimum atomic E-state index is -1.00. The van der Waals surface area contributed by atoms with Crippen molar-refractivity contribution in [1.29, 1.82) is 0 Å².